The van der Waals surface area contributed by atoms with Gasteiger partial charge in [-0.05, 0) is 37.5 Å². The predicted octanol–water partition coefficient (Wildman–Crippen LogP) is 8.73. The first-order valence-electron chi connectivity index (χ1n) is 19.4. The molecule has 2 atom stereocenters. The van der Waals surface area contributed by atoms with Crippen LogP contribution in [0.4, 0.5) is 65.9 Å². The van der Waals surface area contributed by atoms with Gasteiger partial charge < -0.3 is 19.8 Å². The van der Waals surface area contributed by atoms with Gasteiger partial charge in [0.1, 0.15) is 0 Å². The molecule has 0 aliphatic rings. The molecule has 2 unspecified atom stereocenters. The van der Waals surface area contributed by atoms with E-state index in [9.17, 15) is 85.7 Å². The van der Waals surface area contributed by atoms with Crippen LogP contribution in [-0.4, -0.2) is 32.8 Å². The van der Waals surface area contributed by atoms with Crippen LogP contribution in [0, 0.1) is 99.1 Å². The maximum absolute atomic E-state index is 14.4. The van der Waals surface area contributed by atoms with Gasteiger partial charge in [0, 0.05) is 28.3 Å². The van der Waals surface area contributed by atoms with E-state index in [1.165, 1.54) is 15.8 Å². The number of benzene rings is 3. The number of aliphatic carboxylic acids is 2. The Morgan fingerprint density at radius 2 is 0.613 bits per heavy atom. The molecule has 0 fully saturated rings. The van der Waals surface area contributed by atoms with Crippen LogP contribution in [-0.2, 0) is 26.1 Å². The van der Waals surface area contributed by atoms with Gasteiger partial charge in [0.15, 0.2) is 87.3 Å². The minimum atomic E-state index is -3.96. The molecule has 0 aliphatic heterocycles. The van der Waals surface area contributed by atoms with E-state index in [1.807, 2.05) is 13.8 Å². The molecule has 0 radical (unpaired) electrons. The second-order valence-corrected chi connectivity index (χ2v) is 17.8. The average molecular weight is 971 g/mol. The molecule has 3 rings (SSSR count). The van der Waals surface area contributed by atoms with Gasteiger partial charge in [-0.3, -0.25) is 0 Å². The molecule has 62 heavy (non-hydrogen) atoms. The molecule has 0 saturated carbocycles. The zero-order valence-electron chi connectivity index (χ0n) is 34.7. The van der Waals surface area contributed by atoms with Crippen LogP contribution >= 0.6 is 0 Å². The Labute approximate surface area is 365 Å². The van der Waals surface area contributed by atoms with Crippen molar-refractivity contribution >= 4 is 49.2 Å². The normalized spacial score (nSPS) is 11.5. The van der Waals surface area contributed by atoms with E-state index in [4.69, 9.17) is 0 Å². The van der Waals surface area contributed by atoms with Gasteiger partial charge in [0.05, 0.1) is 0 Å². The Balaban J connectivity index is 0. The number of carboxylic acid groups (broad SMARTS) is 2. The first-order valence-corrected chi connectivity index (χ1v) is 21.9. The van der Waals surface area contributed by atoms with Gasteiger partial charge in [0.2, 0.25) is 0 Å². The van der Waals surface area contributed by atoms with E-state index in [0.717, 1.165) is 38.5 Å². The van der Waals surface area contributed by atoms with Gasteiger partial charge in [-0.15, -0.1) is 0 Å². The molecular weight excluding hydrogens is 926 g/mol. The average Bonchev–Trinajstić information content (AvgIpc) is 3.23. The Hall–Kier alpha value is -3.36. The molecule has 0 aliphatic carbocycles. The molecule has 0 N–H and O–H groups in total. The number of carboxylic acids is 2. The zero-order chi connectivity index (χ0) is 47.6. The largest absolute Gasteiger partial charge is 2.00 e. The summed E-state index contributed by atoms with van der Waals surface area (Å²) in [7, 11) is 0. The number of hydrogen-bond donors (Lipinski definition) is 0. The molecule has 0 heterocycles. The summed E-state index contributed by atoms with van der Waals surface area (Å²) >= 11 is -0.171. The summed E-state index contributed by atoms with van der Waals surface area (Å²) in [6, 6.07) is 0. The second-order valence-electron chi connectivity index (χ2n) is 13.6. The molecule has 350 valence electrons. The van der Waals surface area contributed by atoms with Crippen LogP contribution in [0.25, 0.3) is 0 Å². The first-order chi connectivity index (χ1) is 28.4. The number of carbonyl (C=O) groups excluding carboxylic acids is 2. The predicted molar refractivity (Wildman–Crippen MR) is 197 cm³/mol. The van der Waals surface area contributed by atoms with Gasteiger partial charge in [-0.1, -0.05) is 90.0 Å². The fourth-order valence-electron chi connectivity index (χ4n) is 5.80. The summed E-state index contributed by atoms with van der Waals surface area (Å²) in [5.74, 6) is -47.5. The Kier molecular flexibility index (Phi) is 28.6. The van der Waals surface area contributed by atoms with Crippen molar-refractivity contribution in [1.29, 1.82) is 0 Å². The molecule has 0 aromatic heterocycles. The molecule has 3 aromatic carbocycles. The van der Waals surface area contributed by atoms with Crippen LogP contribution in [0.3, 0.4) is 0 Å². The van der Waals surface area contributed by atoms with E-state index < -0.39 is 122 Å². The third-order valence-corrected chi connectivity index (χ3v) is 13.3. The van der Waals surface area contributed by atoms with Crippen LogP contribution in [0.2, 0.25) is 15.8 Å². The molecular formula is C40H45AlBF15NiO4. The summed E-state index contributed by atoms with van der Waals surface area (Å²) < 4.78 is 209. The Bertz CT molecular complexity index is 1660. The second kappa shape index (κ2) is 29.2. The summed E-state index contributed by atoms with van der Waals surface area (Å²) in [4.78, 5) is 20.7. The van der Waals surface area contributed by atoms with Crippen molar-refractivity contribution in [2.45, 2.75) is 116 Å². The SMILES string of the molecule is CCCCC(CC)C(=O)[O-].CCCCC(CC)C(=O)[O-].C[CH2][Al]([CH2]C)[CH2]C.Fc1c(F)c(F)c(B(c2c(F)c(F)c(F)c(F)c2F)c2c(F)c(F)c(F)c(F)c2F)c(F)c1F.[Ni+2]. The van der Waals surface area contributed by atoms with Crippen molar-refractivity contribution in [2.75, 3.05) is 0 Å². The Morgan fingerprint density at radius 3 is 0.742 bits per heavy atom. The third kappa shape index (κ3) is 15.4. The number of carbonyl (C=O) groups is 2. The minimum Gasteiger partial charge on any atom is -0.550 e. The maximum Gasteiger partial charge on any atom is 2.00 e. The molecule has 0 spiro atoms. The van der Waals surface area contributed by atoms with Crippen molar-refractivity contribution in [3.05, 3.63) is 87.3 Å². The number of hydrogen-bond acceptors (Lipinski definition) is 4. The van der Waals surface area contributed by atoms with Gasteiger partial charge in [-0.2, -0.15) is 0 Å². The van der Waals surface area contributed by atoms with Gasteiger partial charge in [-0.25, -0.2) is 65.9 Å². The molecule has 3 aromatic rings. The van der Waals surface area contributed by atoms with E-state index >= 15 is 0 Å². The number of unbranched alkanes of at least 4 members (excludes halogenated alkanes) is 2. The van der Waals surface area contributed by atoms with E-state index in [2.05, 4.69) is 34.6 Å². The van der Waals surface area contributed by atoms with Gasteiger partial charge in [0.25, 0.3) is 20.9 Å². The Morgan fingerprint density at radius 1 is 0.419 bits per heavy atom. The molecule has 4 nitrogen and oxygen atoms in total. The number of rotatable bonds is 16. The van der Waals surface area contributed by atoms with E-state index in [1.54, 1.807) is 0 Å². The van der Waals surface area contributed by atoms with Crippen molar-refractivity contribution in [3.8, 4) is 0 Å². The smallest absolute Gasteiger partial charge is 0.550 e. The topological polar surface area (TPSA) is 80.3 Å². The summed E-state index contributed by atoms with van der Waals surface area (Å²) in [5, 5.41) is 25.1. The van der Waals surface area contributed by atoms with E-state index in [0.29, 0.717) is 12.8 Å². The summed E-state index contributed by atoms with van der Waals surface area (Å²) in [5.41, 5.74) is -8.03. The van der Waals surface area contributed by atoms with Crippen molar-refractivity contribution < 1.29 is 102 Å². The molecule has 0 amide bonds. The summed E-state index contributed by atoms with van der Waals surface area (Å²) in [6.07, 6.45) is 7.04. The third-order valence-electron chi connectivity index (χ3n) is 9.79. The van der Waals surface area contributed by atoms with Crippen LogP contribution in [0.1, 0.15) is 99.8 Å². The standard InChI is InChI=1S/C18BF15.2C8H16O2.3C2H5.Al.Ni/c20-4-1(5(21)11(27)16(32)10(4)26)19(2-6(22)12(28)17(33)13(29)7(2)23)3-8(24)14(30)18(34)15(31)9(3)25;2*1-3-5-6-7(4-2)8(9)10;3*1-2;;/h;2*7H,3-6H2,1-2H3,(H,9,10);3*1H2,2H3;;/q;;;;;;;+2/p-2. The van der Waals surface area contributed by atoms with Crippen molar-refractivity contribution in [3.63, 3.8) is 0 Å². The zero-order valence-corrected chi connectivity index (χ0v) is 36.8. The molecule has 0 bridgehead atoms. The number of halogens is 15. The van der Waals surface area contributed by atoms with E-state index in [-0.39, 0.29) is 42.5 Å². The van der Waals surface area contributed by atoms with Crippen LogP contribution in [0.15, 0.2) is 0 Å². The van der Waals surface area contributed by atoms with Crippen molar-refractivity contribution in [2.24, 2.45) is 11.8 Å². The van der Waals surface area contributed by atoms with Crippen LogP contribution in [0.5, 0.6) is 0 Å². The van der Waals surface area contributed by atoms with Gasteiger partial charge >= 0.3 is 16.5 Å². The molecule has 0 saturated heterocycles. The fourth-order valence-corrected chi connectivity index (χ4v) is 7.54. The monoisotopic (exact) mass is 970 g/mol. The summed E-state index contributed by atoms with van der Waals surface area (Å²) in [6.45, 7) is 10.9. The maximum atomic E-state index is 14.4. The quantitative estimate of drug-likeness (QED) is 0.0623. The first kappa shape index (κ1) is 60.7. The fraction of sp³-hybridized carbons (Fsp3) is 0.500. The van der Waals surface area contributed by atoms with Crippen molar-refractivity contribution in [1.82, 2.24) is 0 Å². The molecule has 22 heteroatoms. The minimum absolute atomic E-state index is 0. The van der Waals surface area contributed by atoms with Crippen LogP contribution < -0.4 is 26.6 Å².